The second kappa shape index (κ2) is 9.20. The summed E-state index contributed by atoms with van der Waals surface area (Å²) in [6.45, 7) is 0.943. The highest BCUT2D eigenvalue weighted by Crippen LogP contribution is 2.30. The van der Waals surface area contributed by atoms with Crippen LogP contribution in [0, 0.1) is 0 Å². The van der Waals surface area contributed by atoms with Crippen molar-refractivity contribution in [3.8, 4) is 0 Å². The summed E-state index contributed by atoms with van der Waals surface area (Å²) < 4.78 is 6.71. The number of nitrogens with zero attached hydrogens (tertiary/aromatic N) is 2. The highest BCUT2D eigenvalue weighted by molar-refractivity contribution is 5.95. The second-order valence-electron chi connectivity index (χ2n) is 8.06. The number of carbonyl (C=O) groups excluding carboxylic acids is 2. The summed E-state index contributed by atoms with van der Waals surface area (Å²) in [5.74, 6) is -0.566. The number of benzene rings is 2. The Bertz CT molecular complexity index is 1130. The van der Waals surface area contributed by atoms with Crippen LogP contribution in [0.5, 0.6) is 0 Å². The average Bonchev–Trinajstić information content (AvgIpc) is 3.07. The van der Waals surface area contributed by atoms with Gasteiger partial charge in [-0.1, -0.05) is 36.4 Å². The molecule has 2 aromatic carbocycles. The van der Waals surface area contributed by atoms with Gasteiger partial charge in [-0.2, -0.15) is 0 Å². The first-order valence-corrected chi connectivity index (χ1v) is 10.7. The lowest BCUT2D eigenvalue weighted by atomic mass is 9.89. The second-order valence-corrected chi connectivity index (χ2v) is 8.06. The van der Waals surface area contributed by atoms with Crippen LogP contribution in [0.2, 0.25) is 0 Å². The van der Waals surface area contributed by atoms with Crippen molar-refractivity contribution >= 4 is 23.0 Å². The number of aromatic nitrogens is 1. The number of imide groups is 1. The number of unbranched alkanes of at least 4 members (excludes halogenated alkanes) is 1. The number of fused-ring (bicyclic) bond motifs is 1. The zero-order valence-electron chi connectivity index (χ0n) is 17.7. The van der Waals surface area contributed by atoms with Crippen LogP contribution in [0.3, 0.4) is 0 Å². The molecular weight excluding hydrogens is 394 g/mol. The molecular formula is C24H27N3O4. The van der Waals surface area contributed by atoms with Gasteiger partial charge in [0.05, 0.1) is 5.52 Å². The van der Waals surface area contributed by atoms with E-state index in [2.05, 4.69) is 17.4 Å². The van der Waals surface area contributed by atoms with Crippen molar-refractivity contribution in [3.63, 3.8) is 0 Å². The van der Waals surface area contributed by atoms with Crippen molar-refractivity contribution in [2.75, 3.05) is 13.1 Å². The third-order valence-corrected chi connectivity index (χ3v) is 5.97. The molecule has 1 unspecified atom stereocenters. The Balaban J connectivity index is 1.26. The molecule has 1 aromatic heterocycles. The fourth-order valence-electron chi connectivity index (χ4n) is 4.13. The van der Waals surface area contributed by atoms with Gasteiger partial charge in [0.1, 0.15) is 0 Å². The van der Waals surface area contributed by atoms with E-state index in [1.165, 1.54) is 15.0 Å². The fourth-order valence-corrected chi connectivity index (χ4v) is 4.13. The molecule has 1 fully saturated rings. The van der Waals surface area contributed by atoms with Crippen LogP contribution in [0.4, 0.5) is 4.79 Å². The summed E-state index contributed by atoms with van der Waals surface area (Å²) in [5, 5.41) is 2.87. The maximum Gasteiger partial charge on any atom is 0.419 e. The van der Waals surface area contributed by atoms with Crippen LogP contribution in [0.1, 0.15) is 42.7 Å². The molecule has 7 heteroatoms. The minimum absolute atomic E-state index is 0.0114. The summed E-state index contributed by atoms with van der Waals surface area (Å²) in [5.41, 5.74) is 3.49. The molecule has 1 atom stereocenters. The molecule has 1 N–H and O–H groups in total. The molecule has 3 aromatic rings. The summed E-state index contributed by atoms with van der Waals surface area (Å²) in [6, 6.07) is 15.5. The van der Waals surface area contributed by atoms with Crippen molar-refractivity contribution in [2.24, 2.45) is 7.05 Å². The Kier molecular flexibility index (Phi) is 6.21. The largest absolute Gasteiger partial charge is 0.419 e. The lowest BCUT2D eigenvalue weighted by Gasteiger charge is -2.30. The van der Waals surface area contributed by atoms with Crippen LogP contribution in [-0.2, 0) is 18.3 Å². The number of rotatable bonds is 6. The number of carbonyl (C=O) groups is 2. The summed E-state index contributed by atoms with van der Waals surface area (Å²) >= 11 is 0. The Hall–Kier alpha value is -3.35. The number of piperidine rings is 1. The molecule has 31 heavy (non-hydrogen) atoms. The van der Waals surface area contributed by atoms with E-state index in [9.17, 15) is 14.4 Å². The van der Waals surface area contributed by atoms with Crippen LogP contribution >= 0.6 is 0 Å². The Morgan fingerprint density at radius 2 is 1.94 bits per heavy atom. The number of oxazole rings is 1. The first kappa shape index (κ1) is 20.9. The number of hydrogen-bond acceptors (Lipinski definition) is 4. The van der Waals surface area contributed by atoms with Gasteiger partial charge in [0.2, 0.25) is 5.91 Å². The number of urea groups is 1. The molecule has 0 aliphatic carbocycles. The molecule has 0 spiro atoms. The van der Waals surface area contributed by atoms with Gasteiger partial charge in [-0.15, -0.1) is 0 Å². The van der Waals surface area contributed by atoms with Crippen molar-refractivity contribution in [1.29, 1.82) is 0 Å². The maximum absolute atomic E-state index is 12.6. The first-order chi connectivity index (χ1) is 15.0. The van der Waals surface area contributed by atoms with Gasteiger partial charge in [0, 0.05) is 26.6 Å². The predicted molar refractivity (Wildman–Crippen MR) is 118 cm³/mol. The molecule has 1 aliphatic heterocycles. The van der Waals surface area contributed by atoms with Crippen molar-refractivity contribution in [3.05, 3.63) is 70.2 Å². The minimum Gasteiger partial charge on any atom is -0.408 e. The van der Waals surface area contributed by atoms with Gasteiger partial charge in [-0.3, -0.25) is 14.3 Å². The van der Waals surface area contributed by atoms with E-state index in [-0.39, 0.29) is 24.3 Å². The summed E-state index contributed by atoms with van der Waals surface area (Å²) in [4.78, 5) is 38.0. The third-order valence-electron chi connectivity index (χ3n) is 5.97. The van der Waals surface area contributed by atoms with E-state index >= 15 is 0 Å². The van der Waals surface area contributed by atoms with Gasteiger partial charge in [-0.25, -0.2) is 9.59 Å². The number of nitrogens with one attached hydrogen (secondary N) is 1. The van der Waals surface area contributed by atoms with Crippen molar-refractivity contribution in [1.82, 2.24) is 14.8 Å². The summed E-state index contributed by atoms with van der Waals surface area (Å²) in [6.07, 6.45) is 3.79. The highest BCUT2D eigenvalue weighted by Gasteiger charge is 2.31. The zero-order chi connectivity index (χ0) is 21.8. The van der Waals surface area contributed by atoms with E-state index in [0.29, 0.717) is 25.1 Å². The molecule has 2 heterocycles. The van der Waals surface area contributed by atoms with E-state index < -0.39 is 5.76 Å². The van der Waals surface area contributed by atoms with Gasteiger partial charge in [-0.05, 0) is 54.9 Å². The maximum atomic E-state index is 12.6. The average molecular weight is 421 g/mol. The minimum atomic E-state index is -0.404. The third kappa shape index (κ3) is 4.71. The van der Waals surface area contributed by atoms with Crippen LogP contribution < -0.4 is 11.1 Å². The zero-order valence-corrected chi connectivity index (χ0v) is 17.7. The van der Waals surface area contributed by atoms with Crippen LogP contribution in [0.25, 0.3) is 11.1 Å². The highest BCUT2D eigenvalue weighted by atomic mass is 16.4. The van der Waals surface area contributed by atoms with Gasteiger partial charge in [0.25, 0.3) is 0 Å². The molecule has 7 nitrogen and oxygen atoms in total. The molecule has 162 valence electrons. The number of aryl methyl sites for hydroxylation is 2. The lowest BCUT2D eigenvalue weighted by Crippen LogP contribution is -2.47. The van der Waals surface area contributed by atoms with Gasteiger partial charge >= 0.3 is 11.8 Å². The molecule has 3 amide bonds. The van der Waals surface area contributed by atoms with Crippen LogP contribution in [0.15, 0.2) is 57.7 Å². The molecule has 1 saturated heterocycles. The normalized spacial score (nSPS) is 16.6. The predicted octanol–water partition coefficient (Wildman–Crippen LogP) is 3.57. The number of amides is 3. The topological polar surface area (TPSA) is 84.6 Å². The van der Waals surface area contributed by atoms with Crippen molar-refractivity contribution in [2.45, 2.75) is 38.0 Å². The van der Waals surface area contributed by atoms with E-state index in [1.807, 2.05) is 36.4 Å². The Labute approximate surface area is 180 Å². The standard InChI is InChI=1S/C24H27N3O4/c1-26-20-11-10-18(15-21(20)31-24(26)30)19-12-14-27(22(28)16-19)23(29)25-13-6-5-9-17-7-3-2-4-8-17/h2-4,7-8,10-11,15,19H,5-6,9,12-14,16H2,1H3,(H,25,29). The van der Waals surface area contributed by atoms with Crippen molar-refractivity contribution < 1.29 is 14.0 Å². The van der Waals surface area contributed by atoms with E-state index in [4.69, 9.17) is 4.42 Å². The quantitative estimate of drug-likeness (QED) is 0.617. The molecule has 0 radical (unpaired) electrons. The van der Waals surface area contributed by atoms with E-state index in [0.717, 1.165) is 30.3 Å². The summed E-state index contributed by atoms with van der Waals surface area (Å²) in [7, 11) is 1.66. The van der Waals surface area contributed by atoms with Gasteiger partial charge in [0.15, 0.2) is 5.58 Å². The molecule has 1 aliphatic rings. The lowest BCUT2D eigenvalue weighted by molar-refractivity contribution is -0.130. The number of likely N-dealkylation sites (tertiary alicyclic amines) is 1. The first-order valence-electron chi connectivity index (χ1n) is 10.7. The van der Waals surface area contributed by atoms with E-state index in [1.54, 1.807) is 7.05 Å². The van der Waals surface area contributed by atoms with Gasteiger partial charge < -0.3 is 9.73 Å². The number of hydrogen-bond donors (Lipinski definition) is 1. The SMILES string of the molecule is Cn1c(=O)oc2cc(C3CCN(C(=O)NCCCCc4ccccc4)C(=O)C3)ccc21. The fraction of sp³-hybridized carbons (Fsp3) is 0.375. The molecule has 4 rings (SSSR count). The Morgan fingerprint density at radius 1 is 1.13 bits per heavy atom. The molecule has 0 saturated carbocycles. The van der Waals surface area contributed by atoms with Crippen LogP contribution in [-0.4, -0.2) is 34.5 Å². The Morgan fingerprint density at radius 3 is 2.71 bits per heavy atom. The molecule has 0 bridgehead atoms. The smallest absolute Gasteiger partial charge is 0.408 e. The monoisotopic (exact) mass is 421 g/mol.